The molecular formula is C10H17N3O5. The first-order valence-corrected chi connectivity index (χ1v) is 5.63. The van der Waals surface area contributed by atoms with Gasteiger partial charge in [-0.3, -0.25) is 9.59 Å². The largest absolute Gasteiger partial charge is 0.480 e. The van der Waals surface area contributed by atoms with Crippen molar-refractivity contribution < 1.29 is 24.2 Å². The highest BCUT2D eigenvalue weighted by Crippen LogP contribution is 2.00. The molecule has 2 amide bonds. The normalized spacial score (nSPS) is 21.0. The molecule has 1 heterocycles. The summed E-state index contributed by atoms with van der Waals surface area (Å²) in [5, 5.41) is 14.2. The Kier molecular flexibility index (Phi) is 5.53. The maximum atomic E-state index is 11.7. The Hall–Kier alpha value is -1.67. The molecule has 5 N–H and O–H groups in total. The van der Waals surface area contributed by atoms with Gasteiger partial charge in [0.15, 0.2) is 0 Å². The fourth-order valence-corrected chi connectivity index (χ4v) is 1.55. The number of carboxylic acid groups (broad SMARTS) is 1. The number of hydrogen-bond acceptors (Lipinski definition) is 5. The quantitative estimate of drug-likeness (QED) is 0.428. The molecule has 1 aliphatic rings. The maximum absolute atomic E-state index is 11.7. The van der Waals surface area contributed by atoms with Gasteiger partial charge in [-0.05, 0) is 6.42 Å². The molecule has 8 nitrogen and oxygen atoms in total. The molecule has 1 unspecified atom stereocenters. The van der Waals surface area contributed by atoms with Crippen LogP contribution in [0.25, 0.3) is 0 Å². The van der Waals surface area contributed by atoms with Gasteiger partial charge in [0.05, 0.1) is 13.2 Å². The van der Waals surface area contributed by atoms with Gasteiger partial charge in [-0.25, -0.2) is 4.79 Å². The molecule has 0 bridgehead atoms. The number of carbonyl (C=O) groups excluding carboxylic acids is 2. The minimum atomic E-state index is -1.19. The third-order valence-electron chi connectivity index (χ3n) is 2.53. The van der Waals surface area contributed by atoms with E-state index >= 15 is 0 Å². The highest BCUT2D eigenvalue weighted by Gasteiger charge is 2.26. The number of aliphatic carboxylic acids is 1. The predicted octanol–water partition coefficient (Wildman–Crippen LogP) is -2.19. The van der Waals surface area contributed by atoms with E-state index in [4.69, 9.17) is 15.6 Å². The van der Waals surface area contributed by atoms with E-state index in [0.29, 0.717) is 13.2 Å². The Morgan fingerprint density at radius 2 is 2.22 bits per heavy atom. The lowest BCUT2D eigenvalue weighted by atomic mass is 10.1. The van der Waals surface area contributed by atoms with E-state index < -0.39 is 29.9 Å². The summed E-state index contributed by atoms with van der Waals surface area (Å²) in [6, 6.07) is -1.68. The molecule has 1 saturated heterocycles. The third-order valence-corrected chi connectivity index (χ3v) is 2.53. The van der Waals surface area contributed by atoms with Crippen LogP contribution in [-0.4, -0.2) is 54.7 Å². The lowest BCUT2D eigenvalue weighted by Crippen LogP contribution is -2.54. The van der Waals surface area contributed by atoms with Crippen molar-refractivity contribution in [1.29, 1.82) is 0 Å². The van der Waals surface area contributed by atoms with Crippen molar-refractivity contribution in [2.45, 2.75) is 24.9 Å². The second-order valence-electron chi connectivity index (χ2n) is 3.99. The molecule has 0 aliphatic carbocycles. The second kappa shape index (κ2) is 6.92. The topological polar surface area (TPSA) is 131 Å². The minimum absolute atomic E-state index is 0.0238. The van der Waals surface area contributed by atoms with Crippen molar-refractivity contribution in [2.75, 3.05) is 19.8 Å². The van der Waals surface area contributed by atoms with E-state index in [-0.39, 0.29) is 19.4 Å². The highest BCUT2D eigenvalue weighted by molar-refractivity contribution is 5.87. The Labute approximate surface area is 104 Å². The maximum Gasteiger partial charge on any atom is 0.326 e. The Balaban J connectivity index is 2.46. The Morgan fingerprint density at radius 1 is 1.50 bits per heavy atom. The molecule has 1 fully saturated rings. The standard InChI is InChI=1S/C10H17N3O5/c11-8(14)2-1-6(10(16)17)13-9(15)7-5-18-4-3-12-7/h6-7,12H,1-5H2,(H2,11,14)(H,13,15)(H,16,17)/t6-,7?/m0/s1. The molecule has 0 spiro atoms. The van der Waals surface area contributed by atoms with Gasteiger partial charge in [0.25, 0.3) is 0 Å². The van der Waals surface area contributed by atoms with Crippen LogP contribution in [0.1, 0.15) is 12.8 Å². The van der Waals surface area contributed by atoms with Gasteiger partial charge in [0.2, 0.25) is 11.8 Å². The average Bonchev–Trinajstić information content (AvgIpc) is 2.34. The summed E-state index contributed by atoms with van der Waals surface area (Å²) in [5.41, 5.74) is 4.94. The SMILES string of the molecule is NC(=O)CC[C@H](NC(=O)C1COCCN1)C(=O)O. The zero-order valence-electron chi connectivity index (χ0n) is 9.85. The van der Waals surface area contributed by atoms with Gasteiger partial charge in [-0.15, -0.1) is 0 Å². The molecule has 18 heavy (non-hydrogen) atoms. The average molecular weight is 259 g/mol. The molecule has 102 valence electrons. The van der Waals surface area contributed by atoms with Crippen molar-refractivity contribution >= 4 is 17.8 Å². The molecule has 0 aromatic carbocycles. The number of carbonyl (C=O) groups is 3. The number of morpholine rings is 1. The first-order chi connectivity index (χ1) is 8.50. The number of ether oxygens (including phenoxy) is 1. The molecular weight excluding hydrogens is 242 g/mol. The molecule has 0 aromatic rings. The number of amides is 2. The smallest absolute Gasteiger partial charge is 0.326 e. The van der Waals surface area contributed by atoms with Crippen molar-refractivity contribution in [1.82, 2.24) is 10.6 Å². The Morgan fingerprint density at radius 3 is 2.72 bits per heavy atom. The van der Waals surface area contributed by atoms with E-state index in [1.54, 1.807) is 0 Å². The van der Waals surface area contributed by atoms with Crippen molar-refractivity contribution in [2.24, 2.45) is 5.73 Å². The predicted molar refractivity (Wildman–Crippen MR) is 60.6 cm³/mol. The zero-order chi connectivity index (χ0) is 13.5. The van der Waals surface area contributed by atoms with Crippen LogP contribution in [0, 0.1) is 0 Å². The van der Waals surface area contributed by atoms with Crippen LogP contribution < -0.4 is 16.4 Å². The van der Waals surface area contributed by atoms with Gasteiger partial charge in [-0.1, -0.05) is 0 Å². The number of rotatable bonds is 6. The lowest BCUT2D eigenvalue weighted by molar-refractivity contribution is -0.143. The molecule has 0 radical (unpaired) electrons. The fraction of sp³-hybridized carbons (Fsp3) is 0.700. The second-order valence-corrected chi connectivity index (χ2v) is 3.99. The van der Waals surface area contributed by atoms with Crippen LogP contribution in [0.15, 0.2) is 0 Å². The summed E-state index contributed by atoms with van der Waals surface area (Å²) in [4.78, 5) is 33.2. The molecule has 8 heteroatoms. The third kappa shape index (κ3) is 4.68. The van der Waals surface area contributed by atoms with Crippen LogP contribution in [-0.2, 0) is 19.1 Å². The molecule has 0 saturated carbocycles. The Bertz CT molecular complexity index is 327. The highest BCUT2D eigenvalue weighted by atomic mass is 16.5. The van der Waals surface area contributed by atoms with Crippen LogP contribution in [0.5, 0.6) is 0 Å². The van der Waals surface area contributed by atoms with Gasteiger partial charge in [0.1, 0.15) is 12.1 Å². The molecule has 1 rings (SSSR count). The minimum Gasteiger partial charge on any atom is -0.480 e. The van der Waals surface area contributed by atoms with E-state index in [0.717, 1.165) is 0 Å². The number of nitrogens with one attached hydrogen (secondary N) is 2. The van der Waals surface area contributed by atoms with Gasteiger partial charge < -0.3 is 26.2 Å². The number of primary amides is 1. The van der Waals surface area contributed by atoms with Gasteiger partial charge >= 0.3 is 5.97 Å². The molecule has 0 aromatic heterocycles. The van der Waals surface area contributed by atoms with Crippen LogP contribution in [0.4, 0.5) is 0 Å². The molecule has 1 aliphatic heterocycles. The van der Waals surface area contributed by atoms with Crippen molar-refractivity contribution in [3.05, 3.63) is 0 Å². The first-order valence-electron chi connectivity index (χ1n) is 5.63. The van der Waals surface area contributed by atoms with Crippen LogP contribution in [0.3, 0.4) is 0 Å². The van der Waals surface area contributed by atoms with E-state index in [1.807, 2.05) is 0 Å². The summed E-state index contributed by atoms with van der Waals surface area (Å²) >= 11 is 0. The zero-order valence-corrected chi connectivity index (χ0v) is 9.85. The van der Waals surface area contributed by atoms with Crippen molar-refractivity contribution in [3.63, 3.8) is 0 Å². The number of carboxylic acids is 1. The van der Waals surface area contributed by atoms with E-state index in [2.05, 4.69) is 10.6 Å². The fourth-order valence-electron chi connectivity index (χ4n) is 1.55. The van der Waals surface area contributed by atoms with Crippen molar-refractivity contribution in [3.8, 4) is 0 Å². The number of nitrogens with two attached hydrogens (primary N) is 1. The summed E-state index contributed by atoms with van der Waals surface area (Å²) in [6.45, 7) is 1.26. The molecule has 2 atom stereocenters. The summed E-state index contributed by atoms with van der Waals surface area (Å²) < 4.78 is 5.10. The first kappa shape index (κ1) is 14.4. The number of hydrogen-bond donors (Lipinski definition) is 4. The van der Waals surface area contributed by atoms with E-state index in [1.165, 1.54) is 0 Å². The van der Waals surface area contributed by atoms with Crippen LogP contribution >= 0.6 is 0 Å². The van der Waals surface area contributed by atoms with E-state index in [9.17, 15) is 14.4 Å². The summed E-state index contributed by atoms with van der Waals surface area (Å²) in [6.07, 6.45) is -0.115. The monoisotopic (exact) mass is 259 g/mol. The lowest BCUT2D eigenvalue weighted by Gasteiger charge is -2.24. The summed E-state index contributed by atoms with van der Waals surface area (Å²) in [5.74, 6) is -2.25. The van der Waals surface area contributed by atoms with Gasteiger partial charge in [-0.2, -0.15) is 0 Å². The van der Waals surface area contributed by atoms with Gasteiger partial charge in [0, 0.05) is 13.0 Å². The van der Waals surface area contributed by atoms with Crippen LogP contribution in [0.2, 0.25) is 0 Å². The summed E-state index contributed by atoms with van der Waals surface area (Å²) in [7, 11) is 0.